The molecule has 1 aromatic rings. The molecule has 152 valence electrons. The lowest BCUT2D eigenvalue weighted by Gasteiger charge is -2.31. The number of carboxylic acids is 1. The van der Waals surface area contributed by atoms with Gasteiger partial charge in [-0.15, -0.1) is 11.3 Å². The van der Waals surface area contributed by atoms with E-state index in [1.54, 1.807) is 16.2 Å². The van der Waals surface area contributed by atoms with Crippen LogP contribution in [-0.2, 0) is 11.3 Å². The van der Waals surface area contributed by atoms with E-state index in [9.17, 15) is 14.7 Å². The number of aromatic nitrogens is 1. The fourth-order valence-electron chi connectivity index (χ4n) is 3.36. The number of thiazole rings is 1. The van der Waals surface area contributed by atoms with E-state index in [-0.39, 0.29) is 17.4 Å². The summed E-state index contributed by atoms with van der Waals surface area (Å²) in [5.74, 6) is -0.630. The number of urea groups is 1. The average molecular weight is 396 g/mol. The molecular formula is C20H33N3O3S. The fourth-order valence-corrected chi connectivity index (χ4v) is 4.19. The van der Waals surface area contributed by atoms with Crippen molar-refractivity contribution >= 4 is 23.3 Å². The molecule has 2 rings (SSSR count). The molecule has 2 atom stereocenters. The summed E-state index contributed by atoms with van der Waals surface area (Å²) in [6, 6.07) is -0.962. The number of hydrogen-bond acceptors (Lipinski definition) is 4. The molecule has 2 heterocycles. The maximum atomic E-state index is 12.9. The van der Waals surface area contributed by atoms with Crippen LogP contribution in [0.3, 0.4) is 0 Å². The predicted molar refractivity (Wildman–Crippen MR) is 108 cm³/mol. The lowest BCUT2D eigenvalue weighted by molar-refractivity contribution is -0.143. The Morgan fingerprint density at radius 2 is 1.96 bits per heavy atom. The summed E-state index contributed by atoms with van der Waals surface area (Å²) in [5, 5.41) is 12.8. The second-order valence-corrected chi connectivity index (χ2v) is 9.98. The van der Waals surface area contributed by atoms with E-state index < -0.39 is 12.0 Å². The van der Waals surface area contributed by atoms with E-state index in [0.717, 1.165) is 23.5 Å². The van der Waals surface area contributed by atoms with Gasteiger partial charge in [0.15, 0.2) is 0 Å². The smallest absolute Gasteiger partial charge is 0.326 e. The van der Waals surface area contributed by atoms with Gasteiger partial charge in [0, 0.05) is 24.4 Å². The minimum Gasteiger partial charge on any atom is -0.480 e. The number of nitrogens with zero attached hydrogens (tertiary/aromatic N) is 3. The first kappa shape index (κ1) is 21.7. The molecule has 0 aromatic carbocycles. The molecule has 27 heavy (non-hydrogen) atoms. The number of hydrogen-bond donors (Lipinski definition) is 1. The third kappa shape index (κ3) is 5.67. The second kappa shape index (κ2) is 8.59. The van der Waals surface area contributed by atoms with Gasteiger partial charge in [0.25, 0.3) is 0 Å². The lowest BCUT2D eigenvalue weighted by Crippen LogP contribution is -2.47. The summed E-state index contributed by atoms with van der Waals surface area (Å²) in [6.07, 6.45) is 1.72. The number of carbonyl (C=O) groups excluding carboxylic acids is 1. The Morgan fingerprint density at radius 1 is 1.30 bits per heavy atom. The zero-order valence-electron chi connectivity index (χ0n) is 17.4. The van der Waals surface area contributed by atoms with Crippen molar-refractivity contribution in [3.63, 3.8) is 0 Å². The molecule has 1 N–H and O–H groups in total. The van der Waals surface area contributed by atoms with E-state index >= 15 is 0 Å². The van der Waals surface area contributed by atoms with Gasteiger partial charge >= 0.3 is 12.0 Å². The van der Waals surface area contributed by atoms with Crippen molar-refractivity contribution in [2.24, 2.45) is 11.3 Å². The first-order valence-electron chi connectivity index (χ1n) is 9.72. The van der Waals surface area contributed by atoms with Crippen molar-refractivity contribution in [1.29, 1.82) is 0 Å². The maximum Gasteiger partial charge on any atom is 0.326 e. The van der Waals surface area contributed by atoms with E-state index in [1.807, 2.05) is 12.3 Å². The summed E-state index contributed by atoms with van der Waals surface area (Å²) < 4.78 is 0. The highest BCUT2D eigenvalue weighted by atomic mass is 32.1. The van der Waals surface area contributed by atoms with Crippen molar-refractivity contribution < 1.29 is 14.7 Å². The predicted octanol–water partition coefficient (Wildman–Crippen LogP) is 4.42. The molecule has 1 saturated heterocycles. The summed E-state index contributed by atoms with van der Waals surface area (Å²) in [7, 11) is 0. The molecule has 0 unspecified atom stereocenters. The molecule has 0 spiro atoms. The quantitative estimate of drug-likeness (QED) is 0.707. The first-order valence-corrected chi connectivity index (χ1v) is 10.6. The Labute approximate surface area is 166 Å². The van der Waals surface area contributed by atoms with Gasteiger partial charge in [-0.05, 0) is 24.2 Å². The monoisotopic (exact) mass is 395 g/mol. The molecule has 7 heteroatoms. The molecule has 2 amide bonds. The Balaban J connectivity index is 2.04. The van der Waals surface area contributed by atoms with E-state index in [4.69, 9.17) is 0 Å². The van der Waals surface area contributed by atoms with Crippen molar-refractivity contribution in [2.75, 3.05) is 13.1 Å². The molecule has 1 aliphatic heterocycles. The Morgan fingerprint density at radius 3 is 2.48 bits per heavy atom. The van der Waals surface area contributed by atoms with E-state index in [0.29, 0.717) is 25.6 Å². The van der Waals surface area contributed by atoms with Crippen LogP contribution in [0.5, 0.6) is 0 Å². The standard InChI is InChI=1S/C20H33N3O3S/c1-13(2)17-21-15(12-27-17)11-22-9-10-23(19(22)26)16(18(24)25)14(3)7-8-20(4,5)6/h12-14,16H,7-11H2,1-6H3,(H,24,25)/t14-,16-/m0/s1. The number of carbonyl (C=O) groups is 2. The Kier molecular flexibility index (Phi) is 6.89. The van der Waals surface area contributed by atoms with Gasteiger partial charge in [-0.25, -0.2) is 14.6 Å². The molecule has 1 aromatic heterocycles. The summed E-state index contributed by atoms with van der Waals surface area (Å²) in [5.41, 5.74) is 1.03. The molecule has 1 fully saturated rings. The van der Waals surface area contributed by atoms with Crippen LogP contribution in [0.4, 0.5) is 4.79 Å². The second-order valence-electron chi connectivity index (χ2n) is 9.09. The van der Waals surface area contributed by atoms with Crippen LogP contribution in [0.25, 0.3) is 0 Å². The van der Waals surface area contributed by atoms with Crippen LogP contribution in [0, 0.1) is 11.3 Å². The topological polar surface area (TPSA) is 73.7 Å². The number of aliphatic carboxylic acids is 1. The Hall–Kier alpha value is -1.63. The van der Waals surface area contributed by atoms with E-state index in [1.165, 1.54) is 4.90 Å². The summed E-state index contributed by atoms with van der Waals surface area (Å²) in [4.78, 5) is 32.6. The van der Waals surface area contributed by atoms with Gasteiger partial charge < -0.3 is 14.9 Å². The first-order chi connectivity index (χ1) is 12.5. The third-order valence-electron chi connectivity index (χ3n) is 5.02. The zero-order valence-corrected chi connectivity index (χ0v) is 18.2. The summed E-state index contributed by atoms with van der Waals surface area (Å²) >= 11 is 1.61. The van der Waals surface area contributed by atoms with Crippen LogP contribution in [0.1, 0.15) is 71.0 Å². The van der Waals surface area contributed by atoms with Crippen molar-refractivity contribution in [3.05, 3.63) is 16.1 Å². The van der Waals surface area contributed by atoms with Gasteiger partial charge in [0.1, 0.15) is 6.04 Å². The highest BCUT2D eigenvalue weighted by Gasteiger charge is 2.40. The van der Waals surface area contributed by atoms with Crippen LogP contribution < -0.4 is 0 Å². The zero-order chi connectivity index (χ0) is 20.4. The van der Waals surface area contributed by atoms with Crippen LogP contribution >= 0.6 is 11.3 Å². The Bertz CT molecular complexity index is 666. The minimum atomic E-state index is -0.914. The van der Waals surface area contributed by atoms with Crippen LogP contribution in [0.15, 0.2) is 5.38 Å². The molecule has 0 bridgehead atoms. The fraction of sp³-hybridized carbons (Fsp3) is 0.750. The normalized spacial score (nSPS) is 17.7. The highest BCUT2D eigenvalue weighted by molar-refractivity contribution is 7.09. The molecule has 0 aliphatic carbocycles. The highest BCUT2D eigenvalue weighted by Crippen LogP contribution is 2.28. The van der Waals surface area contributed by atoms with Gasteiger partial charge in [-0.1, -0.05) is 41.5 Å². The number of amides is 2. The largest absolute Gasteiger partial charge is 0.480 e. The van der Waals surface area contributed by atoms with Crippen molar-refractivity contribution in [2.45, 2.75) is 72.9 Å². The molecule has 1 aliphatic rings. The maximum absolute atomic E-state index is 12.9. The molecule has 0 radical (unpaired) electrons. The van der Waals surface area contributed by atoms with Crippen molar-refractivity contribution in [1.82, 2.24) is 14.8 Å². The van der Waals surface area contributed by atoms with Crippen LogP contribution in [-0.4, -0.2) is 51.0 Å². The average Bonchev–Trinajstić information content (AvgIpc) is 3.14. The van der Waals surface area contributed by atoms with E-state index in [2.05, 4.69) is 39.6 Å². The van der Waals surface area contributed by atoms with Crippen LogP contribution in [0.2, 0.25) is 0 Å². The molecular weight excluding hydrogens is 362 g/mol. The summed E-state index contributed by atoms with van der Waals surface area (Å²) in [6.45, 7) is 14.0. The molecule has 6 nitrogen and oxygen atoms in total. The SMILES string of the molecule is CC(C)c1nc(CN2CCN([C@H](C(=O)O)[C@@H](C)CCC(C)(C)C)C2=O)cs1. The van der Waals surface area contributed by atoms with Gasteiger partial charge in [0.05, 0.1) is 17.2 Å². The van der Waals surface area contributed by atoms with Gasteiger partial charge in [-0.3, -0.25) is 0 Å². The lowest BCUT2D eigenvalue weighted by atomic mass is 9.84. The minimum absolute atomic E-state index is 0.0857. The third-order valence-corrected chi connectivity index (χ3v) is 6.21. The number of carboxylic acid groups (broad SMARTS) is 1. The van der Waals surface area contributed by atoms with Gasteiger partial charge in [0.2, 0.25) is 0 Å². The van der Waals surface area contributed by atoms with Crippen molar-refractivity contribution in [3.8, 4) is 0 Å². The number of rotatable bonds is 8. The van der Waals surface area contributed by atoms with Gasteiger partial charge in [-0.2, -0.15) is 0 Å². The molecule has 0 saturated carbocycles.